The van der Waals surface area contributed by atoms with Gasteiger partial charge >= 0.3 is 0 Å². The molecule has 0 bridgehead atoms. The molecule has 1 amide bonds. The number of halogens is 1. The Hall–Kier alpha value is -3.47. The number of hydrogen-bond acceptors (Lipinski definition) is 5. The number of fused-ring (bicyclic) bond motifs is 1. The van der Waals surface area contributed by atoms with Gasteiger partial charge in [-0.1, -0.05) is 36.4 Å². The molecule has 7 heteroatoms. The molecule has 0 radical (unpaired) electrons. The van der Waals surface area contributed by atoms with E-state index in [0.717, 1.165) is 35.0 Å². The first-order valence-corrected chi connectivity index (χ1v) is 11.2. The van der Waals surface area contributed by atoms with Crippen molar-refractivity contribution in [2.75, 3.05) is 34.3 Å². The zero-order valence-corrected chi connectivity index (χ0v) is 19.9. The molecule has 3 aromatic carbocycles. The number of rotatable bonds is 7. The summed E-state index contributed by atoms with van der Waals surface area (Å²) in [6.07, 6.45) is 0. The quantitative estimate of drug-likeness (QED) is 0.583. The Morgan fingerprint density at radius 3 is 2.53 bits per heavy atom. The SMILES string of the molecule is COc1c(C#N)cc2ccccc2c1CNC(=O)C(C)(c1ccc(F)cc1)N1CC(N(C)C)C1. The summed E-state index contributed by atoms with van der Waals surface area (Å²) in [7, 11) is 5.58. The van der Waals surface area contributed by atoms with E-state index in [-0.39, 0.29) is 18.3 Å². The third kappa shape index (κ3) is 4.11. The van der Waals surface area contributed by atoms with Crippen LogP contribution in [0.3, 0.4) is 0 Å². The highest BCUT2D eigenvalue weighted by molar-refractivity contribution is 5.91. The Morgan fingerprint density at radius 2 is 1.91 bits per heavy atom. The normalized spacial score (nSPS) is 16.0. The summed E-state index contributed by atoms with van der Waals surface area (Å²) in [5, 5.41) is 14.5. The number of carbonyl (C=O) groups is 1. The third-order valence-corrected chi connectivity index (χ3v) is 6.93. The average molecular weight is 461 g/mol. The van der Waals surface area contributed by atoms with Crippen molar-refractivity contribution in [3.05, 3.63) is 77.1 Å². The molecule has 3 aromatic rings. The molecular weight excluding hydrogens is 431 g/mol. The summed E-state index contributed by atoms with van der Waals surface area (Å²) in [5.41, 5.74) is 0.923. The van der Waals surface area contributed by atoms with Crippen molar-refractivity contribution in [2.45, 2.75) is 25.0 Å². The summed E-state index contributed by atoms with van der Waals surface area (Å²) in [6.45, 7) is 3.52. The van der Waals surface area contributed by atoms with Crippen molar-refractivity contribution in [1.29, 1.82) is 5.26 Å². The number of benzene rings is 3. The summed E-state index contributed by atoms with van der Waals surface area (Å²) in [5.74, 6) is -0.0720. The minimum absolute atomic E-state index is 0.190. The zero-order chi connectivity index (χ0) is 24.5. The largest absolute Gasteiger partial charge is 0.495 e. The summed E-state index contributed by atoms with van der Waals surface area (Å²) < 4.78 is 19.2. The zero-order valence-electron chi connectivity index (χ0n) is 19.9. The second kappa shape index (κ2) is 9.41. The average Bonchev–Trinajstić information content (AvgIpc) is 2.80. The maximum absolute atomic E-state index is 13.8. The van der Waals surface area contributed by atoms with Gasteiger partial charge in [0.1, 0.15) is 23.2 Å². The van der Waals surface area contributed by atoms with Crippen molar-refractivity contribution in [3.8, 4) is 11.8 Å². The van der Waals surface area contributed by atoms with Gasteiger partial charge in [0.25, 0.3) is 0 Å². The Balaban J connectivity index is 1.68. The molecule has 176 valence electrons. The van der Waals surface area contributed by atoms with Gasteiger partial charge in [0.05, 0.1) is 12.7 Å². The van der Waals surface area contributed by atoms with Crippen LogP contribution in [0, 0.1) is 17.1 Å². The number of nitrogens with zero attached hydrogens (tertiary/aromatic N) is 3. The number of methoxy groups -OCH3 is 1. The van der Waals surface area contributed by atoms with E-state index in [2.05, 4.69) is 21.2 Å². The number of nitriles is 1. The highest BCUT2D eigenvalue weighted by Crippen LogP contribution is 2.35. The van der Waals surface area contributed by atoms with E-state index in [0.29, 0.717) is 17.4 Å². The van der Waals surface area contributed by atoms with Crippen LogP contribution in [0.2, 0.25) is 0 Å². The fourth-order valence-electron chi connectivity index (χ4n) is 4.61. The fraction of sp³-hybridized carbons (Fsp3) is 0.333. The summed E-state index contributed by atoms with van der Waals surface area (Å²) >= 11 is 0. The van der Waals surface area contributed by atoms with Gasteiger partial charge in [-0.15, -0.1) is 0 Å². The van der Waals surface area contributed by atoms with Crippen molar-refractivity contribution in [1.82, 2.24) is 15.1 Å². The van der Waals surface area contributed by atoms with Gasteiger partial charge < -0.3 is 15.0 Å². The molecule has 4 rings (SSSR count). The molecule has 1 aliphatic rings. The Kier molecular flexibility index (Phi) is 6.56. The van der Waals surface area contributed by atoms with Crippen LogP contribution in [0.15, 0.2) is 54.6 Å². The smallest absolute Gasteiger partial charge is 0.245 e. The maximum atomic E-state index is 13.8. The third-order valence-electron chi connectivity index (χ3n) is 6.93. The van der Waals surface area contributed by atoms with Gasteiger partial charge in [-0.05, 0) is 55.6 Å². The lowest BCUT2D eigenvalue weighted by Gasteiger charge is -2.51. The van der Waals surface area contributed by atoms with Crippen LogP contribution in [0.1, 0.15) is 23.6 Å². The van der Waals surface area contributed by atoms with E-state index in [9.17, 15) is 14.4 Å². The van der Waals surface area contributed by atoms with Crippen molar-refractivity contribution in [3.63, 3.8) is 0 Å². The van der Waals surface area contributed by atoms with E-state index in [4.69, 9.17) is 4.74 Å². The molecule has 1 aliphatic heterocycles. The van der Waals surface area contributed by atoms with Gasteiger partial charge in [0, 0.05) is 31.2 Å². The number of likely N-dealkylation sites (tertiary alicyclic amines) is 1. The van der Waals surface area contributed by atoms with Crippen LogP contribution in [0.25, 0.3) is 10.8 Å². The van der Waals surface area contributed by atoms with E-state index in [1.54, 1.807) is 18.2 Å². The molecule has 0 spiro atoms. The fourth-order valence-corrected chi connectivity index (χ4v) is 4.61. The van der Waals surface area contributed by atoms with Crippen molar-refractivity contribution in [2.24, 2.45) is 0 Å². The lowest BCUT2D eigenvalue weighted by Crippen LogP contribution is -2.67. The Morgan fingerprint density at radius 1 is 1.24 bits per heavy atom. The summed E-state index contributed by atoms with van der Waals surface area (Å²) in [6, 6.07) is 18.2. The van der Waals surface area contributed by atoms with Crippen LogP contribution < -0.4 is 10.1 Å². The Labute approximate surface area is 199 Å². The van der Waals surface area contributed by atoms with Crippen molar-refractivity contribution >= 4 is 16.7 Å². The predicted octanol–water partition coefficient (Wildman–Crippen LogP) is 3.64. The van der Waals surface area contributed by atoms with Crippen molar-refractivity contribution < 1.29 is 13.9 Å². The van der Waals surface area contributed by atoms with Gasteiger partial charge in [0.2, 0.25) is 5.91 Å². The van der Waals surface area contributed by atoms with Gasteiger partial charge in [0.15, 0.2) is 0 Å². The molecule has 1 unspecified atom stereocenters. The van der Waals surface area contributed by atoms with Crippen LogP contribution in [0.4, 0.5) is 4.39 Å². The number of likely N-dealkylation sites (N-methyl/N-ethyl adjacent to an activating group) is 1. The predicted molar refractivity (Wildman–Crippen MR) is 130 cm³/mol. The van der Waals surface area contributed by atoms with Gasteiger partial charge in [-0.25, -0.2) is 4.39 Å². The summed E-state index contributed by atoms with van der Waals surface area (Å²) in [4.78, 5) is 18.0. The molecule has 1 heterocycles. The molecule has 1 fully saturated rings. The second-order valence-electron chi connectivity index (χ2n) is 9.05. The molecule has 34 heavy (non-hydrogen) atoms. The van der Waals surface area contributed by atoms with E-state index in [1.165, 1.54) is 19.2 Å². The Bertz CT molecular complexity index is 1250. The number of hydrogen-bond donors (Lipinski definition) is 1. The van der Waals surface area contributed by atoms with Gasteiger partial charge in [-0.3, -0.25) is 9.69 Å². The number of carbonyl (C=O) groups excluding carboxylic acids is 1. The number of ether oxygens (including phenoxy) is 1. The highest BCUT2D eigenvalue weighted by atomic mass is 19.1. The van der Waals surface area contributed by atoms with Crippen LogP contribution in [-0.4, -0.2) is 56.0 Å². The van der Waals surface area contributed by atoms with E-state index in [1.807, 2.05) is 45.3 Å². The van der Waals surface area contributed by atoms with Crippen LogP contribution in [-0.2, 0) is 16.9 Å². The number of amides is 1. The second-order valence-corrected chi connectivity index (χ2v) is 9.05. The maximum Gasteiger partial charge on any atom is 0.245 e. The molecule has 0 saturated carbocycles. The minimum atomic E-state index is -0.976. The molecule has 1 saturated heterocycles. The first-order valence-electron chi connectivity index (χ1n) is 11.2. The molecule has 1 N–H and O–H groups in total. The standard InChI is InChI=1S/C27H29FN4O2/c1-27(20-9-11-21(28)12-10-20,32-16-22(17-32)31(2)3)26(33)30-15-24-23-8-6-5-7-18(23)13-19(14-29)25(24)34-4/h5-13,22H,15-17H2,1-4H3,(H,30,33). The highest BCUT2D eigenvalue weighted by Gasteiger charge is 2.47. The molecular formula is C27H29FN4O2. The van der Waals surface area contributed by atoms with Gasteiger partial charge in [-0.2, -0.15) is 5.26 Å². The lowest BCUT2D eigenvalue weighted by atomic mass is 9.85. The monoisotopic (exact) mass is 460 g/mol. The van der Waals surface area contributed by atoms with Crippen LogP contribution in [0.5, 0.6) is 5.75 Å². The topological polar surface area (TPSA) is 68.6 Å². The first kappa shape index (κ1) is 23.7. The molecule has 1 atom stereocenters. The van der Waals surface area contributed by atoms with E-state index < -0.39 is 5.54 Å². The minimum Gasteiger partial charge on any atom is -0.495 e. The molecule has 6 nitrogen and oxygen atoms in total. The number of nitrogens with one attached hydrogen (secondary N) is 1. The molecule has 0 aromatic heterocycles. The van der Waals surface area contributed by atoms with Crippen LogP contribution >= 0.6 is 0 Å². The first-order chi connectivity index (χ1) is 16.3. The molecule has 0 aliphatic carbocycles. The van der Waals surface area contributed by atoms with E-state index >= 15 is 0 Å². The lowest BCUT2D eigenvalue weighted by molar-refractivity contribution is -0.139.